The van der Waals surface area contributed by atoms with Crippen LogP contribution in [0.15, 0.2) is 53.1 Å². The van der Waals surface area contributed by atoms with Crippen molar-refractivity contribution in [2.24, 2.45) is 0 Å². The molecular formula is C44H56BF6SiZr. The molecule has 0 bridgehead atoms. The third-order valence-corrected chi connectivity index (χ3v) is 10.8. The average molecular weight is 829 g/mol. The van der Waals surface area contributed by atoms with Crippen LogP contribution in [-0.2, 0) is 32.4 Å². The van der Waals surface area contributed by atoms with E-state index in [1.807, 2.05) is 32.6 Å². The van der Waals surface area contributed by atoms with Gasteiger partial charge >= 0.3 is 190 Å². The normalized spacial score (nSPS) is 14.2. The molecule has 1 aliphatic rings. The van der Waals surface area contributed by atoms with E-state index in [4.69, 9.17) is 7.49 Å². The van der Waals surface area contributed by atoms with Gasteiger partial charge in [0, 0.05) is 0 Å². The standard InChI is InChI=1S/C20H22BF6Si.C16H21.C8H13.Zr/c1-9(2)14-15-13(18(21)11(4)16(15)19(22,23)24)7-12(10(3)8-28(5)6)17(14)20(25,26)27;1-10(2)13-8-14-6-12(5)7-16(14)15(9-13)11(3)4;1-5-7(3)8(4)6-2;/h7-10H,1-6H3;6-11H,1-5H3;5H,1-4H3;/q;2*-1;+2. The second kappa shape index (κ2) is 19.6. The van der Waals surface area contributed by atoms with Gasteiger partial charge in [0.2, 0.25) is 0 Å². The van der Waals surface area contributed by atoms with Crippen molar-refractivity contribution in [1.29, 1.82) is 0 Å². The summed E-state index contributed by atoms with van der Waals surface area (Å²) in [6, 6.07) is 10.6. The molecule has 0 amide bonds. The second-order valence-corrected chi connectivity index (χ2v) is 17.6. The minimum atomic E-state index is -4.80. The van der Waals surface area contributed by atoms with Crippen LogP contribution in [-0.4, -0.2) is 33.2 Å². The average Bonchev–Trinajstić information content (AvgIpc) is 3.53. The van der Waals surface area contributed by atoms with Gasteiger partial charge in [0.1, 0.15) is 0 Å². The maximum absolute atomic E-state index is 14.1. The number of fused-ring (bicyclic) bond motifs is 2. The van der Waals surface area contributed by atoms with Gasteiger partial charge in [-0.1, -0.05) is 65.7 Å². The van der Waals surface area contributed by atoms with Crippen LogP contribution in [0, 0.1) is 13.0 Å². The van der Waals surface area contributed by atoms with Crippen LogP contribution < -0.4 is 0 Å². The van der Waals surface area contributed by atoms with Crippen molar-refractivity contribution < 1.29 is 52.5 Å². The molecule has 4 rings (SSSR count). The molecule has 0 saturated carbocycles. The zero-order valence-electron chi connectivity index (χ0n) is 34.2. The molecule has 0 N–H and O–H groups in total. The smallest absolute Gasteiger partial charge is 2.00 e. The summed E-state index contributed by atoms with van der Waals surface area (Å²) in [5.41, 5.74) is 5.68. The molecular weight excluding hydrogens is 773 g/mol. The van der Waals surface area contributed by atoms with Gasteiger partial charge in [0.25, 0.3) is 0 Å². The van der Waals surface area contributed by atoms with E-state index in [0.29, 0.717) is 11.8 Å². The summed E-state index contributed by atoms with van der Waals surface area (Å²) < 4.78 is 83.6. The largest absolute Gasteiger partial charge is 2.00 e. The van der Waals surface area contributed by atoms with E-state index in [0.717, 1.165) is 0 Å². The monoisotopic (exact) mass is 827 g/mol. The number of alkyl halides is 6. The van der Waals surface area contributed by atoms with E-state index in [9.17, 15) is 26.3 Å². The predicted octanol–water partition coefficient (Wildman–Crippen LogP) is 13.9. The van der Waals surface area contributed by atoms with Crippen molar-refractivity contribution in [3.63, 3.8) is 0 Å². The van der Waals surface area contributed by atoms with Gasteiger partial charge in [-0.2, -0.15) is 12.1 Å². The number of aryl methyl sites for hydroxylation is 1. The first-order valence-electron chi connectivity index (χ1n) is 18.0. The molecule has 0 saturated heterocycles. The number of allylic oxidation sites excluding steroid dienone is 6. The molecule has 285 valence electrons. The molecule has 0 spiro atoms. The van der Waals surface area contributed by atoms with E-state index >= 15 is 0 Å². The molecule has 0 nitrogen and oxygen atoms in total. The Labute approximate surface area is 337 Å². The Bertz CT molecular complexity index is 1870. The van der Waals surface area contributed by atoms with Gasteiger partial charge in [0.05, 0.1) is 0 Å². The van der Waals surface area contributed by atoms with Gasteiger partial charge in [-0.3, -0.25) is 6.08 Å². The van der Waals surface area contributed by atoms with Gasteiger partial charge < -0.3 is 0 Å². The van der Waals surface area contributed by atoms with Crippen LogP contribution in [0.3, 0.4) is 0 Å². The van der Waals surface area contributed by atoms with Crippen molar-refractivity contribution in [1.82, 2.24) is 0 Å². The summed E-state index contributed by atoms with van der Waals surface area (Å²) in [4.78, 5) is 0. The van der Waals surface area contributed by atoms with Gasteiger partial charge in [-0.25, -0.2) is 11.1 Å². The van der Waals surface area contributed by atoms with Crippen molar-refractivity contribution >= 4 is 43.4 Å². The van der Waals surface area contributed by atoms with E-state index in [-0.39, 0.29) is 53.9 Å². The van der Waals surface area contributed by atoms with E-state index < -0.39 is 49.3 Å². The van der Waals surface area contributed by atoms with Crippen LogP contribution in [0.4, 0.5) is 26.3 Å². The Morgan fingerprint density at radius 1 is 0.830 bits per heavy atom. The molecule has 3 aromatic carbocycles. The Morgan fingerprint density at radius 3 is 1.79 bits per heavy atom. The fourth-order valence-electron chi connectivity index (χ4n) is 6.68. The van der Waals surface area contributed by atoms with Crippen molar-refractivity contribution in [2.75, 3.05) is 0 Å². The number of benzene rings is 2. The fourth-order valence-corrected chi connectivity index (χ4v) is 7.86. The quantitative estimate of drug-likeness (QED) is 0.100. The maximum Gasteiger partial charge on any atom is 2.00 e. The van der Waals surface area contributed by atoms with E-state index in [1.54, 1.807) is 6.92 Å². The summed E-state index contributed by atoms with van der Waals surface area (Å²) in [6.07, 6.45) is -4.42. The summed E-state index contributed by atoms with van der Waals surface area (Å²) in [5.74, 6) is -0.104. The molecule has 0 aliphatic heterocycles. The zero-order valence-corrected chi connectivity index (χ0v) is 37.7. The topological polar surface area (TPSA) is 0 Å². The van der Waals surface area contributed by atoms with Crippen LogP contribution in [0.5, 0.6) is 0 Å². The summed E-state index contributed by atoms with van der Waals surface area (Å²) in [7, 11) is 4.98. The van der Waals surface area contributed by atoms with Crippen molar-refractivity contribution in [3.8, 4) is 0 Å². The number of hydrogen-bond donors (Lipinski definition) is 0. The van der Waals surface area contributed by atoms with Gasteiger partial charge in [-0.15, -0.1) is 42.3 Å². The molecule has 0 heterocycles. The maximum atomic E-state index is 14.1. The third-order valence-electron chi connectivity index (χ3n) is 9.64. The van der Waals surface area contributed by atoms with Crippen molar-refractivity contribution in [3.05, 3.63) is 104 Å². The minimum Gasteiger partial charge on any atom is 2.00 e. The molecule has 53 heavy (non-hydrogen) atoms. The van der Waals surface area contributed by atoms with Crippen LogP contribution in [0.25, 0.3) is 16.3 Å². The van der Waals surface area contributed by atoms with E-state index in [2.05, 4.69) is 84.9 Å². The summed E-state index contributed by atoms with van der Waals surface area (Å²) >= 11 is 0. The number of hydrogen-bond acceptors (Lipinski definition) is 0. The minimum absolute atomic E-state index is 0. The molecule has 1 atom stereocenters. The van der Waals surface area contributed by atoms with Crippen LogP contribution in [0.2, 0.25) is 13.1 Å². The first-order chi connectivity index (χ1) is 23.8. The summed E-state index contributed by atoms with van der Waals surface area (Å²) in [5, 5.41) is 2.85. The summed E-state index contributed by atoms with van der Waals surface area (Å²) in [6.45, 7) is 29.1. The molecule has 1 unspecified atom stereocenters. The van der Waals surface area contributed by atoms with Crippen molar-refractivity contribution in [2.45, 2.75) is 139 Å². The molecule has 3 aromatic rings. The second-order valence-electron chi connectivity index (χ2n) is 15.1. The van der Waals surface area contributed by atoms with Gasteiger partial charge in [-0.05, 0) is 11.8 Å². The van der Waals surface area contributed by atoms with E-state index in [1.165, 1.54) is 65.4 Å². The van der Waals surface area contributed by atoms with Gasteiger partial charge in [0.15, 0.2) is 0 Å². The molecule has 0 aromatic heterocycles. The Morgan fingerprint density at radius 2 is 1.40 bits per heavy atom. The Kier molecular flexibility index (Phi) is 18.0. The third kappa shape index (κ3) is 11.9. The molecule has 1 aliphatic carbocycles. The van der Waals surface area contributed by atoms with Crippen LogP contribution in [0.1, 0.15) is 151 Å². The zero-order chi connectivity index (χ0) is 40.2. The fraction of sp³-hybridized carbons (Fsp3) is 0.477. The van der Waals surface area contributed by atoms with Crippen LogP contribution >= 0.6 is 0 Å². The molecule has 1 radical (unpaired) electrons. The Balaban J connectivity index is 0.000000470. The predicted molar refractivity (Wildman–Crippen MR) is 216 cm³/mol. The molecule has 9 heteroatoms. The first kappa shape index (κ1) is 48.8. The Hall–Kier alpha value is -2.25. The number of rotatable bonds is 6. The number of halogens is 6. The SMILES string of the molecule is C[C-]=C(C)C(C)=CC.Cc1cc2c(C(C)C)cc(C(C)C)cc2[cH-]1.[B]=C1C(C)=C(C(F)(F)F)c2c1cc(C(C)C=[Si](C)C)c(C(F)(F)F)c2C(C)C.[Zr+2]. The first-order valence-corrected chi connectivity index (χ1v) is 20.6. The molecule has 0 fully saturated rings.